The Morgan fingerprint density at radius 3 is 2.67 bits per heavy atom. The van der Waals surface area contributed by atoms with Crippen LogP contribution in [-0.2, 0) is 9.53 Å². The number of aromatic hydroxyl groups is 1. The maximum absolute atomic E-state index is 11.9. The summed E-state index contributed by atoms with van der Waals surface area (Å²) in [6.07, 6.45) is 0.104. The number of nitrogens with zero attached hydrogens (tertiary/aromatic N) is 1. The fourth-order valence-electron chi connectivity index (χ4n) is 1.35. The summed E-state index contributed by atoms with van der Waals surface area (Å²) in [4.78, 5) is 24.2. The van der Waals surface area contributed by atoms with Gasteiger partial charge in [0.1, 0.15) is 5.75 Å². The van der Waals surface area contributed by atoms with Crippen LogP contribution >= 0.6 is 11.6 Å². The fraction of sp³-hybridized carbons (Fsp3) is 0.333. The Labute approximate surface area is 110 Å². The highest BCUT2D eigenvalue weighted by Gasteiger charge is 2.16. The van der Waals surface area contributed by atoms with E-state index in [9.17, 15) is 14.7 Å². The van der Waals surface area contributed by atoms with E-state index in [1.807, 2.05) is 0 Å². The van der Waals surface area contributed by atoms with Crippen molar-refractivity contribution in [2.45, 2.75) is 6.42 Å². The van der Waals surface area contributed by atoms with E-state index >= 15 is 0 Å². The third kappa shape index (κ3) is 3.63. The molecule has 0 fully saturated rings. The van der Waals surface area contributed by atoms with Crippen molar-refractivity contribution in [3.8, 4) is 5.75 Å². The number of methoxy groups -OCH3 is 1. The molecule has 0 spiro atoms. The zero-order chi connectivity index (χ0) is 13.7. The van der Waals surface area contributed by atoms with E-state index in [0.717, 1.165) is 0 Å². The Morgan fingerprint density at radius 1 is 1.44 bits per heavy atom. The summed E-state index contributed by atoms with van der Waals surface area (Å²) in [6.45, 7) is 0.216. The summed E-state index contributed by atoms with van der Waals surface area (Å²) < 4.78 is 4.48. The number of halogens is 1. The van der Waals surface area contributed by atoms with Gasteiger partial charge in [-0.05, 0) is 18.2 Å². The van der Waals surface area contributed by atoms with E-state index in [0.29, 0.717) is 5.02 Å². The highest BCUT2D eigenvalue weighted by atomic mass is 35.5. The smallest absolute Gasteiger partial charge is 0.307 e. The van der Waals surface area contributed by atoms with Gasteiger partial charge in [0.05, 0.1) is 19.1 Å². The molecule has 0 bridgehead atoms. The molecule has 0 heterocycles. The van der Waals surface area contributed by atoms with E-state index in [1.54, 1.807) is 7.05 Å². The molecule has 5 nitrogen and oxygen atoms in total. The van der Waals surface area contributed by atoms with Crippen LogP contribution in [0.15, 0.2) is 18.2 Å². The normalized spacial score (nSPS) is 9.94. The quantitative estimate of drug-likeness (QED) is 0.846. The van der Waals surface area contributed by atoms with E-state index in [-0.39, 0.29) is 30.2 Å². The first-order valence-corrected chi connectivity index (χ1v) is 5.64. The van der Waals surface area contributed by atoms with Gasteiger partial charge in [-0.15, -0.1) is 0 Å². The molecule has 0 aromatic heterocycles. The van der Waals surface area contributed by atoms with Crippen LogP contribution in [-0.4, -0.2) is 42.6 Å². The monoisotopic (exact) mass is 271 g/mol. The molecule has 18 heavy (non-hydrogen) atoms. The van der Waals surface area contributed by atoms with Crippen molar-refractivity contribution in [2.24, 2.45) is 0 Å². The maximum Gasteiger partial charge on any atom is 0.307 e. The van der Waals surface area contributed by atoms with Crippen LogP contribution in [0, 0.1) is 0 Å². The van der Waals surface area contributed by atoms with Gasteiger partial charge in [-0.25, -0.2) is 0 Å². The number of hydrogen-bond donors (Lipinski definition) is 1. The molecule has 0 saturated heterocycles. The number of phenols is 1. The first kappa shape index (κ1) is 14.3. The molecule has 1 aromatic carbocycles. The molecule has 1 aromatic rings. The lowest BCUT2D eigenvalue weighted by atomic mass is 10.1. The van der Waals surface area contributed by atoms with Gasteiger partial charge in [0.2, 0.25) is 0 Å². The van der Waals surface area contributed by atoms with Crippen LogP contribution in [0.25, 0.3) is 0 Å². The predicted octanol–water partition coefficient (Wildman–Crippen LogP) is 1.68. The average molecular weight is 272 g/mol. The molecule has 0 aliphatic rings. The summed E-state index contributed by atoms with van der Waals surface area (Å²) in [6, 6.07) is 4.25. The fourth-order valence-corrected chi connectivity index (χ4v) is 1.52. The molecule has 0 saturated carbocycles. The minimum absolute atomic E-state index is 0.104. The molecule has 6 heteroatoms. The SMILES string of the molecule is COC(=O)CCN(C)C(=O)c1ccc(Cl)cc1O. The van der Waals surface area contributed by atoms with Crippen molar-refractivity contribution in [1.82, 2.24) is 4.90 Å². The summed E-state index contributed by atoms with van der Waals surface area (Å²) >= 11 is 5.68. The maximum atomic E-state index is 11.9. The number of phenolic OH excluding ortho intramolecular Hbond substituents is 1. The number of esters is 1. The van der Waals surface area contributed by atoms with Gasteiger partial charge >= 0.3 is 5.97 Å². The predicted molar refractivity (Wildman–Crippen MR) is 66.7 cm³/mol. The first-order chi connectivity index (χ1) is 8.45. The Bertz CT molecular complexity index is 461. The van der Waals surface area contributed by atoms with Crippen LogP contribution in [0.2, 0.25) is 5.02 Å². The largest absolute Gasteiger partial charge is 0.507 e. The number of amides is 1. The Hall–Kier alpha value is -1.75. The molecule has 1 N–H and O–H groups in total. The van der Waals surface area contributed by atoms with Gasteiger partial charge in [-0.2, -0.15) is 0 Å². The van der Waals surface area contributed by atoms with Crippen molar-refractivity contribution in [2.75, 3.05) is 20.7 Å². The number of carbonyl (C=O) groups excluding carboxylic acids is 2. The number of benzene rings is 1. The second-order valence-corrected chi connectivity index (χ2v) is 4.15. The van der Waals surface area contributed by atoms with Gasteiger partial charge in [0.25, 0.3) is 5.91 Å². The van der Waals surface area contributed by atoms with Crippen molar-refractivity contribution >= 4 is 23.5 Å². The highest BCUT2D eigenvalue weighted by Crippen LogP contribution is 2.22. The van der Waals surface area contributed by atoms with Crippen LogP contribution in [0.4, 0.5) is 0 Å². The van der Waals surface area contributed by atoms with Gasteiger partial charge in [-0.3, -0.25) is 9.59 Å². The van der Waals surface area contributed by atoms with Gasteiger partial charge < -0.3 is 14.7 Å². The van der Waals surface area contributed by atoms with Crippen LogP contribution < -0.4 is 0 Å². The minimum Gasteiger partial charge on any atom is -0.507 e. The number of carbonyl (C=O) groups is 2. The van der Waals surface area contributed by atoms with E-state index in [4.69, 9.17) is 11.6 Å². The van der Waals surface area contributed by atoms with Crippen molar-refractivity contribution in [1.29, 1.82) is 0 Å². The molecule has 0 aliphatic heterocycles. The lowest BCUT2D eigenvalue weighted by molar-refractivity contribution is -0.140. The van der Waals surface area contributed by atoms with Crippen molar-refractivity contribution in [3.05, 3.63) is 28.8 Å². The second-order valence-electron chi connectivity index (χ2n) is 3.71. The lowest BCUT2D eigenvalue weighted by Crippen LogP contribution is -2.29. The Kier molecular flexibility index (Phi) is 4.97. The topological polar surface area (TPSA) is 66.8 Å². The number of rotatable bonds is 4. The Morgan fingerprint density at radius 2 is 2.11 bits per heavy atom. The van der Waals surface area contributed by atoms with E-state index < -0.39 is 5.97 Å². The summed E-state index contributed by atoms with van der Waals surface area (Å²) in [5.74, 6) is -0.958. The molecule has 0 radical (unpaired) electrons. The molecule has 1 amide bonds. The number of ether oxygens (including phenoxy) is 1. The Balaban J connectivity index is 2.71. The summed E-state index contributed by atoms with van der Waals surface area (Å²) in [7, 11) is 2.83. The molecule has 1 rings (SSSR count). The van der Waals surface area contributed by atoms with Gasteiger partial charge in [0, 0.05) is 18.6 Å². The second kappa shape index (κ2) is 6.26. The van der Waals surface area contributed by atoms with Crippen molar-refractivity contribution in [3.63, 3.8) is 0 Å². The molecule has 0 unspecified atom stereocenters. The minimum atomic E-state index is -0.394. The standard InChI is InChI=1S/C12H14ClNO4/c1-14(6-5-11(16)18-2)12(17)9-4-3-8(13)7-10(9)15/h3-4,7,15H,5-6H2,1-2H3. The summed E-state index contributed by atoms with van der Waals surface area (Å²) in [5, 5.41) is 9.96. The average Bonchev–Trinajstić information content (AvgIpc) is 2.34. The van der Waals surface area contributed by atoms with Gasteiger partial charge in [0.15, 0.2) is 0 Å². The van der Waals surface area contributed by atoms with Crippen LogP contribution in [0.1, 0.15) is 16.8 Å². The number of hydrogen-bond acceptors (Lipinski definition) is 4. The lowest BCUT2D eigenvalue weighted by Gasteiger charge is -2.17. The van der Waals surface area contributed by atoms with E-state index in [2.05, 4.69) is 4.74 Å². The molecular weight excluding hydrogens is 258 g/mol. The summed E-state index contributed by atoms with van der Waals surface area (Å²) in [5.41, 5.74) is 0.145. The molecule has 98 valence electrons. The van der Waals surface area contributed by atoms with Gasteiger partial charge in [-0.1, -0.05) is 11.6 Å². The zero-order valence-electron chi connectivity index (χ0n) is 10.1. The third-order valence-electron chi connectivity index (χ3n) is 2.42. The first-order valence-electron chi connectivity index (χ1n) is 5.26. The van der Waals surface area contributed by atoms with Crippen molar-refractivity contribution < 1.29 is 19.4 Å². The highest BCUT2D eigenvalue weighted by molar-refractivity contribution is 6.30. The van der Waals surface area contributed by atoms with Crippen LogP contribution in [0.3, 0.4) is 0 Å². The van der Waals surface area contributed by atoms with E-state index in [1.165, 1.54) is 30.2 Å². The molecule has 0 atom stereocenters. The zero-order valence-corrected chi connectivity index (χ0v) is 10.9. The van der Waals surface area contributed by atoms with Crippen LogP contribution in [0.5, 0.6) is 5.75 Å². The molecular formula is C12H14ClNO4. The third-order valence-corrected chi connectivity index (χ3v) is 2.65. The molecule has 0 aliphatic carbocycles.